The Morgan fingerprint density at radius 2 is 1.61 bits per heavy atom. The minimum Gasteiger partial charge on any atom is -0.481 e. The molecule has 0 saturated carbocycles. The van der Waals surface area contributed by atoms with Gasteiger partial charge in [-0.25, -0.2) is 4.79 Å². The van der Waals surface area contributed by atoms with E-state index in [4.69, 9.17) is 10.4 Å². The van der Waals surface area contributed by atoms with E-state index in [9.17, 15) is 9.59 Å². The van der Waals surface area contributed by atoms with E-state index in [0.29, 0.717) is 25.7 Å². The van der Waals surface area contributed by atoms with Gasteiger partial charge in [0.2, 0.25) is 0 Å². The first-order valence-corrected chi connectivity index (χ1v) is 9.33. The van der Waals surface area contributed by atoms with Gasteiger partial charge in [0, 0.05) is 18.9 Å². The van der Waals surface area contributed by atoms with Crippen molar-refractivity contribution in [2.45, 2.75) is 44.2 Å². The fraction of sp³-hybridized carbons (Fsp3) is 0.318. The van der Waals surface area contributed by atoms with Crippen molar-refractivity contribution in [3.8, 4) is 6.07 Å². The van der Waals surface area contributed by atoms with E-state index in [0.717, 1.165) is 11.1 Å². The molecule has 6 nitrogen and oxygen atoms in total. The Labute approximate surface area is 165 Å². The standard InChI is InChI=1S/C22H25N3O3/c23-15-7-12-20(18-10-5-2-6-11-18)25-22(28)24-19(13-14-21(26)27)16-17-8-3-1-4-9-17/h1-6,8-11,19-20H,7,12-14,16H2,(H,26,27)(H2,24,25,28). The normalized spacial score (nSPS) is 12.4. The van der Waals surface area contributed by atoms with Crippen LogP contribution in [0.25, 0.3) is 0 Å². The lowest BCUT2D eigenvalue weighted by Gasteiger charge is -2.23. The zero-order valence-corrected chi connectivity index (χ0v) is 15.7. The van der Waals surface area contributed by atoms with Crippen LogP contribution < -0.4 is 10.6 Å². The van der Waals surface area contributed by atoms with Gasteiger partial charge in [-0.05, 0) is 30.4 Å². The minimum absolute atomic E-state index is 0.0195. The van der Waals surface area contributed by atoms with Crippen LogP contribution in [0.5, 0.6) is 0 Å². The molecule has 0 radical (unpaired) electrons. The van der Waals surface area contributed by atoms with E-state index in [1.165, 1.54) is 0 Å². The third-order valence-electron chi connectivity index (χ3n) is 4.42. The molecule has 0 fully saturated rings. The van der Waals surface area contributed by atoms with Crippen LogP contribution in [0.1, 0.15) is 42.9 Å². The molecule has 2 rings (SSSR count). The highest BCUT2D eigenvalue weighted by Gasteiger charge is 2.18. The van der Waals surface area contributed by atoms with E-state index in [-0.39, 0.29) is 24.5 Å². The van der Waals surface area contributed by atoms with Crippen LogP contribution in [0.15, 0.2) is 60.7 Å². The minimum atomic E-state index is -0.892. The molecule has 2 atom stereocenters. The Morgan fingerprint density at radius 1 is 0.964 bits per heavy atom. The van der Waals surface area contributed by atoms with Gasteiger partial charge >= 0.3 is 12.0 Å². The molecule has 2 amide bonds. The number of carboxylic acid groups (broad SMARTS) is 1. The predicted octanol–water partition coefficient (Wildman–Crippen LogP) is 3.81. The zero-order valence-electron chi connectivity index (χ0n) is 15.7. The Hall–Kier alpha value is -3.33. The van der Waals surface area contributed by atoms with Crippen molar-refractivity contribution in [2.24, 2.45) is 0 Å². The molecule has 2 aromatic carbocycles. The number of benzene rings is 2. The second kappa shape index (κ2) is 11.4. The van der Waals surface area contributed by atoms with Crippen LogP contribution in [0.2, 0.25) is 0 Å². The highest BCUT2D eigenvalue weighted by molar-refractivity contribution is 5.75. The fourth-order valence-corrected chi connectivity index (χ4v) is 3.02. The molecule has 28 heavy (non-hydrogen) atoms. The van der Waals surface area contributed by atoms with Gasteiger partial charge in [0.25, 0.3) is 0 Å². The van der Waals surface area contributed by atoms with Crippen molar-refractivity contribution in [1.82, 2.24) is 10.6 Å². The van der Waals surface area contributed by atoms with Crippen molar-refractivity contribution in [3.05, 3.63) is 71.8 Å². The Bertz CT molecular complexity index is 788. The van der Waals surface area contributed by atoms with E-state index < -0.39 is 5.97 Å². The smallest absolute Gasteiger partial charge is 0.315 e. The van der Waals surface area contributed by atoms with Gasteiger partial charge in [-0.3, -0.25) is 4.79 Å². The van der Waals surface area contributed by atoms with Crippen LogP contribution in [0.3, 0.4) is 0 Å². The van der Waals surface area contributed by atoms with Crippen LogP contribution in [-0.4, -0.2) is 23.1 Å². The Kier molecular flexibility index (Phi) is 8.54. The highest BCUT2D eigenvalue weighted by Crippen LogP contribution is 2.18. The summed E-state index contributed by atoms with van der Waals surface area (Å²) in [7, 11) is 0. The van der Waals surface area contributed by atoms with Gasteiger partial charge in [0.15, 0.2) is 0 Å². The van der Waals surface area contributed by atoms with Crippen LogP contribution >= 0.6 is 0 Å². The molecule has 2 aromatic rings. The molecule has 0 saturated heterocycles. The lowest BCUT2D eigenvalue weighted by molar-refractivity contribution is -0.137. The monoisotopic (exact) mass is 379 g/mol. The summed E-state index contributed by atoms with van der Waals surface area (Å²) in [6.45, 7) is 0. The maximum atomic E-state index is 12.6. The number of carbonyl (C=O) groups excluding carboxylic acids is 1. The number of rotatable bonds is 10. The molecule has 0 aliphatic carbocycles. The largest absolute Gasteiger partial charge is 0.481 e. The summed E-state index contributed by atoms with van der Waals surface area (Å²) in [5.74, 6) is -0.892. The van der Waals surface area contributed by atoms with Crippen molar-refractivity contribution < 1.29 is 14.7 Å². The molecule has 146 valence electrons. The summed E-state index contributed by atoms with van der Waals surface area (Å²) in [4.78, 5) is 23.5. The van der Waals surface area contributed by atoms with Crippen LogP contribution in [0, 0.1) is 11.3 Å². The molecule has 0 aliphatic heterocycles. The number of amides is 2. The van der Waals surface area contributed by atoms with E-state index in [1.807, 2.05) is 60.7 Å². The average molecular weight is 379 g/mol. The number of nitrogens with one attached hydrogen (secondary N) is 2. The van der Waals surface area contributed by atoms with Gasteiger partial charge in [-0.15, -0.1) is 0 Å². The first-order valence-electron chi connectivity index (χ1n) is 9.33. The zero-order chi connectivity index (χ0) is 20.2. The highest BCUT2D eigenvalue weighted by atomic mass is 16.4. The van der Waals surface area contributed by atoms with Crippen LogP contribution in [-0.2, 0) is 11.2 Å². The molecule has 0 spiro atoms. The molecule has 2 unspecified atom stereocenters. The molecule has 6 heteroatoms. The molecular formula is C22H25N3O3. The van der Waals surface area contributed by atoms with Crippen molar-refractivity contribution in [3.63, 3.8) is 0 Å². The topological polar surface area (TPSA) is 102 Å². The summed E-state index contributed by atoms with van der Waals surface area (Å²) in [5, 5.41) is 23.7. The summed E-state index contributed by atoms with van der Waals surface area (Å²) in [6.07, 6.45) is 1.70. The lowest BCUT2D eigenvalue weighted by Crippen LogP contribution is -2.44. The van der Waals surface area contributed by atoms with Gasteiger partial charge in [0.1, 0.15) is 0 Å². The summed E-state index contributed by atoms with van der Waals surface area (Å²) in [6, 6.07) is 20.3. The van der Waals surface area contributed by atoms with Crippen molar-refractivity contribution >= 4 is 12.0 Å². The number of carboxylic acids is 1. The molecule has 0 heterocycles. The first kappa shape index (κ1) is 21.0. The van der Waals surface area contributed by atoms with Crippen molar-refractivity contribution in [2.75, 3.05) is 0 Å². The number of hydrogen-bond acceptors (Lipinski definition) is 3. The number of urea groups is 1. The number of aliphatic carboxylic acids is 1. The van der Waals surface area contributed by atoms with Gasteiger partial charge in [0.05, 0.1) is 12.1 Å². The van der Waals surface area contributed by atoms with Crippen LogP contribution in [0.4, 0.5) is 4.79 Å². The van der Waals surface area contributed by atoms with E-state index >= 15 is 0 Å². The molecule has 0 aliphatic rings. The average Bonchev–Trinajstić information content (AvgIpc) is 2.70. The number of hydrogen-bond donors (Lipinski definition) is 3. The van der Waals surface area contributed by atoms with Gasteiger partial charge < -0.3 is 15.7 Å². The van der Waals surface area contributed by atoms with Crippen molar-refractivity contribution in [1.29, 1.82) is 5.26 Å². The molecular weight excluding hydrogens is 354 g/mol. The maximum Gasteiger partial charge on any atom is 0.315 e. The third-order valence-corrected chi connectivity index (χ3v) is 4.42. The second-order valence-corrected chi connectivity index (χ2v) is 6.60. The Balaban J connectivity index is 2.03. The lowest BCUT2D eigenvalue weighted by atomic mass is 10.0. The predicted molar refractivity (Wildman–Crippen MR) is 107 cm³/mol. The number of carbonyl (C=O) groups is 2. The van der Waals surface area contributed by atoms with Gasteiger partial charge in [-0.2, -0.15) is 5.26 Å². The number of nitriles is 1. The summed E-state index contributed by atoms with van der Waals surface area (Å²) < 4.78 is 0. The fourth-order valence-electron chi connectivity index (χ4n) is 3.02. The van der Waals surface area contributed by atoms with E-state index in [2.05, 4.69) is 16.7 Å². The second-order valence-electron chi connectivity index (χ2n) is 6.60. The molecule has 0 bridgehead atoms. The van der Waals surface area contributed by atoms with E-state index in [1.54, 1.807) is 0 Å². The Morgan fingerprint density at radius 3 is 2.21 bits per heavy atom. The van der Waals surface area contributed by atoms with Gasteiger partial charge in [-0.1, -0.05) is 60.7 Å². The maximum absolute atomic E-state index is 12.6. The SMILES string of the molecule is N#CCCC(NC(=O)NC(CCC(=O)O)Cc1ccccc1)c1ccccc1. The summed E-state index contributed by atoms with van der Waals surface area (Å²) >= 11 is 0. The first-order chi connectivity index (χ1) is 13.6. The number of nitrogens with zero attached hydrogens (tertiary/aromatic N) is 1. The molecule has 0 aromatic heterocycles. The molecule has 3 N–H and O–H groups in total. The quantitative estimate of drug-likeness (QED) is 0.584. The third kappa shape index (κ3) is 7.50. The summed E-state index contributed by atoms with van der Waals surface area (Å²) in [5.41, 5.74) is 1.96.